The molecule has 2 amide bonds. The fourth-order valence-corrected chi connectivity index (χ4v) is 4.00. The molecular formula is C26H35BN2O6S. The first-order valence-electron chi connectivity index (χ1n) is 11.8. The second-order valence-electron chi connectivity index (χ2n) is 10.6. The van der Waals surface area contributed by atoms with E-state index in [2.05, 4.69) is 10.6 Å². The van der Waals surface area contributed by atoms with Gasteiger partial charge in [-0.25, -0.2) is 9.59 Å². The molecule has 1 saturated heterocycles. The molecule has 1 aromatic carbocycles. The molecule has 0 unspecified atom stereocenters. The molecule has 1 aliphatic rings. The van der Waals surface area contributed by atoms with Crippen molar-refractivity contribution in [3.63, 3.8) is 0 Å². The normalized spacial score (nSPS) is 17.0. The topological polar surface area (TPSA) is 95.1 Å². The van der Waals surface area contributed by atoms with Crippen LogP contribution in [-0.2, 0) is 25.4 Å². The zero-order valence-corrected chi connectivity index (χ0v) is 22.8. The summed E-state index contributed by atoms with van der Waals surface area (Å²) in [6.45, 7) is 13.7. The third-order valence-corrected chi connectivity index (χ3v) is 6.67. The highest BCUT2D eigenvalue weighted by Crippen LogP contribution is 2.39. The molecule has 1 aliphatic heterocycles. The third-order valence-electron chi connectivity index (χ3n) is 5.80. The Morgan fingerprint density at radius 3 is 2.31 bits per heavy atom. The number of nitrogens with one attached hydrogen (secondary N) is 2. The van der Waals surface area contributed by atoms with Crippen LogP contribution in [0.1, 0.15) is 59.6 Å². The van der Waals surface area contributed by atoms with E-state index in [4.69, 9.17) is 18.8 Å². The van der Waals surface area contributed by atoms with Crippen molar-refractivity contribution in [3.05, 3.63) is 58.4 Å². The number of carbonyl (C=O) groups is 2. The maximum Gasteiger partial charge on any atom is 0.492 e. The fourth-order valence-electron chi connectivity index (χ4n) is 3.26. The predicted octanol–water partition coefficient (Wildman–Crippen LogP) is 6.04. The van der Waals surface area contributed by atoms with Gasteiger partial charge >= 0.3 is 19.3 Å². The highest BCUT2D eigenvalue weighted by atomic mass is 32.1. The number of thiophene rings is 1. The number of hydrogen-bond acceptors (Lipinski definition) is 7. The van der Waals surface area contributed by atoms with Gasteiger partial charge in [-0.1, -0.05) is 36.4 Å². The van der Waals surface area contributed by atoms with Crippen LogP contribution in [0.15, 0.2) is 47.3 Å². The number of alkyl carbamates (subject to hydrolysis) is 1. The summed E-state index contributed by atoms with van der Waals surface area (Å²) in [4.78, 5) is 24.5. The van der Waals surface area contributed by atoms with Crippen molar-refractivity contribution in [3.8, 4) is 0 Å². The van der Waals surface area contributed by atoms with E-state index in [0.29, 0.717) is 10.5 Å². The molecule has 0 spiro atoms. The molecule has 0 radical (unpaired) electrons. The fraction of sp³-hybridized carbons (Fsp3) is 0.462. The van der Waals surface area contributed by atoms with Crippen LogP contribution in [0.4, 0.5) is 14.6 Å². The number of hydrogen-bond donors (Lipinski definition) is 2. The molecule has 194 valence electrons. The summed E-state index contributed by atoms with van der Waals surface area (Å²) in [7, 11) is -0.661. The Morgan fingerprint density at radius 1 is 1.06 bits per heavy atom. The van der Waals surface area contributed by atoms with Crippen molar-refractivity contribution in [1.82, 2.24) is 5.32 Å². The summed E-state index contributed by atoms with van der Waals surface area (Å²) in [5.41, 5.74) is 0.778. The SMILES string of the molecule is CC(C)(C)OC(=O)Nc1cc(C=C(CNC(=O)OCc2ccccc2)B2OC(C)(C)C(C)(C)O2)cs1. The van der Waals surface area contributed by atoms with Crippen LogP contribution in [-0.4, -0.2) is 42.7 Å². The number of amides is 2. The molecule has 1 aromatic heterocycles. The summed E-state index contributed by atoms with van der Waals surface area (Å²) in [5, 5.41) is 8.07. The highest BCUT2D eigenvalue weighted by molar-refractivity contribution is 7.14. The van der Waals surface area contributed by atoms with E-state index < -0.39 is 36.1 Å². The van der Waals surface area contributed by atoms with E-state index in [-0.39, 0.29) is 13.2 Å². The van der Waals surface area contributed by atoms with Crippen LogP contribution in [0.3, 0.4) is 0 Å². The van der Waals surface area contributed by atoms with E-state index in [9.17, 15) is 9.59 Å². The van der Waals surface area contributed by atoms with Gasteiger partial charge in [0.1, 0.15) is 12.2 Å². The van der Waals surface area contributed by atoms with Crippen LogP contribution in [0, 0.1) is 0 Å². The molecule has 36 heavy (non-hydrogen) atoms. The number of carbonyl (C=O) groups excluding carboxylic acids is 2. The molecule has 0 aliphatic carbocycles. The van der Waals surface area contributed by atoms with Gasteiger partial charge in [-0.15, -0.1) is 11.3 Å². The van der Waals surface area contributed by atoms with Gasteiger partial charge in [0.05, 0.1) is 16.2 Å². The van der Waals surface area contributed by atoms with Gasteiger partial charge in [-0.2, -0.15) is 0 Å². The zero-order chi connectivity index (χ0) is 26.6. The van der Waals surface area contributed by atoms with Gasteiger partial charge in [0, 0.05) is 11.9 Å². The Hall–Kier alpha value is -2.82. The minimum Gasteiger partial charge on any atom is -0.445 e. The molecule has 3 rings (SSSR count). The van der Waals surface area contributed by atoms with Gasteiger partial charge in [0.2, 0.25) is 0 Å². The summed E-state index contributed by atoms with van der Waals surface area (Å²) in [6, 6.07) is 11.3. The molecule has 8 nitrogen and oxygen atoms in total. The molecule has 1 fully saturated rings. The maximum absolute atomic E-state index is 12.4. The lowest BCUT2D eigenvalue weighted by Crippen LogP contribution is -2.41. The van der Waals surface area contributed by atoms with E-state index >= 15 is 0 Å². The Balaban J connectivity index is 1.71. The minimum atomic E-state index is -0.661. The van der Waals surface area contributed by atoms with Gasteiger partial charge in [0.15, 0.2) is 0 Å². The standard InChI is InChI=1S/C26H35BN2O6S/c1-24(2,3)33-23(31)29-21-14-19(17-36-21)13-20(27-34-25(4,5)26(6,7)35-27)15-28-22(30)32-16-18-11-9-8-10-12-18/h8-14,17H,15-16H2,1-7H3,(H,28,30)(H,29,31). The smallest absolute Gasteiger partial charge is 0.445 e. The molecule has 10 heteroatoms. The first-order valence-corrected chi connectivity index (χ1v) is 12.7. The van der Waals surface area contributed by atoms with Crippen LogP contribution in [0.25, 0.3) is 6.08 Å². The van der Waals surface area contributed by atoms with Crippen LogP contribution in [0.5, 0.6) is 0 Å². The monoisotopic (exact) mass is 514 g/mol. The van der Waals surface area contributed by atoms with Crippen LogP contribution < -0.4 is 10.6 Å². The second-order valence-corrected chi connectivity index (χ2v) is 11.5. The lowest BCUT2D eigenvalue weighted by Gasteiger charge is -2.32. The summed E-state index contributed by atoms with van der Waals surface area (Å²) >= 11 is 1.37. The Morgan fingerprint density at radius 2 is 1.69 bits per heavy atom. The molecule has 2 aromatic rings. The van der Waals surface area contributed by atoms with E-state index in [0.717, 1.165) is 11.1 Å². The van der Waals surface area contributed by atoms with Crippen molar-refractivity contribution in [2.45, 2.75) is 71.9 Å². The minimum absolute atomic E-state index is 0.162. The van der Waals surface area contributed by atoms with Gasteiger partial charge in [-0.3, -0.25) is 5.32 Å². The number of rotatable bonds is 7. The molecule has 0 saturated carbocycles. The number of anilines is 1. The van der Waals surface area contributed by atoms with Crippen molar-refractivity contribution in [2.75, 3.05) is 11.9 Å². The Bertz CT molecular complexity index is 1080. The molecule has 2 N–H and O–H groups in total. The Kier molecular flexibility index (Phi) is 8.53. The predicted molar refractivity (Wildman–Crippen MR) is 143 cm³/mol. The molecular weight excluding hydrogens is 479 g/mol. The van der Waals surface area contributed by atoms with E-state index in [1.807, 2.05) is 96.3 Å². The lowest BCUT2D eigenvalue weighted by atomic mass is 9.77. The van der Waals surface area contributed by atoms with Gasteiger partial charge in [0.25, 0.3) is 0 Å². The Labute approximate surface area is 217 Å². The quantitative estimate of drug-likeness (QED) is 0.438. The van der Waals surface area contributed by atoms with Crippen LogP contribution in [0.2, 0.25) is 0 Å². The van der Waals surface area contributed by atoms with E-state index in [1.165, 1.54) is 11.3 Å². The highest BCUT2D eigenvalue weighted by Gasteiger charge is 2.52. The van der Waals surface area contributed by atoms with Gasteiger partial charge in [-0.05, 0) is 71.1 Å². The maximum atomic E-state index is 12.4. The van der Waals surface area contributed by atoms with Gasteiger partial charge < -0.3 is 24.1 Å². The van der Waals surface area contributed by atoms with Crippen molar-refractivity contribution >= 4 is 41.7 Å². The summed E-state index contributed by atoms with van der Waals surface area (Å²) < 4.78 is 23.1. The van der Waals surface area contributed by atoms with E-state index in [1.54, 1.807) is 0 Å². The number of ether oxygens (including phenoxy) is 2. The second kappa shape index (κ2) is 11.1. The average molecular weight is 514 g/mol. The lowest BCUT2D eigenvalue weighted by molar-refractivity contribution is 0.00578. The average Bonchev–Trinajstić information content (AvgIpc) is 3.28. The molecule has 2 heterocycles. The third kappa shape index (κ3) is 7.84. The van der Waals surface area contributed by atoms with Crippen molar-refractivity contribution in [1.29, 1.82) is 0 Å². The number of benzene rings is 1. The summed E-state index contributed by atoms with van der Waals surface area (Å²) in [5.74, 6) is 0. The zero-order valence-electron chi connectivity index (χ0n) is 22.0. The summed E-state index contributed by atoms with van der Waals surface area (Å²) in [6.07, 6.45) is 0.823. The van der Waals surface area contributed by atoms with Crippen LogP contribution >= 0.6 is 11.3 Å². The molecule has 0 atom stereocenters. The van der Waals surface area contributed by atoms with Crippen molar-refractivity contribution < 1.29 is 28.4 Å². The van der Waals surface area contributed by atoms with Crippen molar-refractivity contribution in [2.24, 2.45) is 0 Å². The first-order chi connectivity index (χ1) is 16.7. The molecule has 0 bridgehead atoms. The largest absolute Gasteiger partial charge is 0.492 e. The first kappa shape index (κ1) is 27.8.